The molecule has 2 aromatic carbocycles. The molecule has 2 rings (SSSR count). The lowest BCUT2D eigenvalue weighted by Gasteiger charge is -2.25. The molecule has 2 aromatic rings. The van der Waals surface area contributed by atoms with Gasteiger partial charge in [-0.1, -0.05) is 30.3 Å². The predicted octanol–water partition coefficient (Wildman–Crippen LogP) is 4.07. The lowest BCUT2D eigenvalue weighted by atomic mass is 10.1. The van der Waals surface area contributed by atoms with E-state index < -0.39 is 0 Å². The van der Waals surface area contributed by atoms with Crippen molar-refractivity contribution in [1.29, 1.82) is 0 Å². The average Bonchev–Trinajstić information content (AvgIpc) is 2.36. The van der Waals surface area contributed by atoms with Crippen LogP contribution in [-0.2, 0) is 4.74 Å². The molecule has 1 N–H and O–H groups in total. The second-order valence-corrected chi connectivity index (χ2v) is 5.11. The Hall–Kier alpha value is -1.54. The number of anilines is 1. The maximum atomic E-state index is 5.68. The summed E-state index contributed by atoms with van der Waals surface area (Å²) in [7, 11) is 0. The normalized spacial score (nSPS) is 11.7. The Kier molecular flexibility index (Phi) is 3.87. The summed E-state index contributed by atoms with van der Waals surface area (Å²) in [5.41, 5.74) is 1.00. The topological polar surface area (TPSA) is 21.3 Å². The highest BCUT2D eigenvalue weighted by molar-refractivity contribution is 5.85. The third-order valence-corrected chi connectivity index (χ3v) is 3.00. The van der Waals surface area contributed by atoms with Crippen LogP contribution in [0.15, 0.2) is 42.5 Å². The van der Waals surface area contributed by atoms with Gasteiger partial charge in [-0.25, -0.2) is 0 Å². The molecule has 0 unspecified atom stereocenters. The van der Waals surface area contributed by atoms with Gasteiger partial charge in [-0.05, 0) is 43.7 Å². The smallest absolute Gasteiger partial charge is 0.0797 e. The van der Waals surface area contributed by atoms with Crippen molar-refractivity contribution in [1.82, 2.24) is 0 Å². The lowest BCUT2D eigenvalue weighted by molar-refractivity contribution is 0.000700. The van der Waals surface area contributed by atoms with E-state index in [1.54, 1.807) is 0 Å². The highest BCUT2D eigenvalue weighted by atomic mass is 16.5. The molecule has 0 fully saturated rings. The minimum absolute atomic E-state index is 0.138. The number of rotatable bonds is 5. The maximum absolute atomic E-state index is 5.68. The second kappa shape index (κ2) is 5.40. The quantitative estimate of drug-likeness (QED) is 0.854. The fourth-order valence-electron chi connectivity index (χ4n) is 2.06. The zero-order valence-corrected chi connectivity index (χ0v) is 11.4. The van der Waals surface area contributed by atoms with E-state index in [-0.39, 0.29) is 5.60 Å². The van der Waals surface area contributed by atoms with Crippen LogP contribution in [0.5, 0.6) is 0 Å². The lowest BCUT2D eigenvalue weighted by Crippen LogP contribution is -2.33. The molecule has 2 heteroatoms. The second-order valence-electron chi connectivity index (χ2n) is 5.11. The summed E-state index contributed by atoms with van der Waals surface area (Å²) in [6.07, 6.45) is 0. The van der Waals surface area contributed by atoms with E-state index in [1.807, 2.05) is 6.92 Å². The Balaban J connectivity index is 2.08. The molecule has 0 aliphatic heterocycles. The molecule has 0 atom stereocenters. The van der Waals surface area contributed by atoms with E-state index in [2.05, 4.69) is 61.6 Å². The van der Waals surface area contributed by atoms with Crippen LogP contribution < -0.4 is 5.32 Å². The Bertz CT molecular complexity index is 519. The monoisotopic (exact) mass is 243 g/mol. The third kappa shape index (κ3) is 3.23. The van der Waals surface area contributed by atoms with Crippen molar-refractivity contribution in [2.24, 2.45) is 0 Å². The van der Waals surface area contributed by atoms with Crippen LogP contribution in [0.3, 0.4) is 0 Å². The Morgan fingerprint density at radius 2 is 1.78 bits per heavy atom. The van der Waals surface area contributed by atoms with Gasteiger partial charge >= 0.3 is 0 Å². The molecular weight excluding hydrogens is 222 g/mol. The zero-order valence-electron chi connectivity index (χ0n) is 11.4. The van der Waals surface area contributed by atoms with Crippen molar-refractivity contribution in [2.45, 2.75) is 26.4 Å². The van der Waals surface area contributed by atoms with Gasteiger partial charge in [0.1, 0.15) is 0 Å². The standard InChI is InChI=1S/C16H21NO/c1-4-18-16(2,3)12-17-15-10-9-13-7-5-6-8-14(13)11-15/h5-11,17H,4,12H2,1-3H3. The molecule has 0 aliphatic carbocycles. The zero-order chi connectivity index (χ0) is 13.0. The van der Waals surface area contributed by atoms with Crippen molar-refractivity contribution in [2.75, 3.05) is 18.5 Å². The first-order valence-electron chi connectivity index (χ1n) is 6.47. The summed E-state index contributed by atoms with van der Waals surface area (Å²) in [5.74, 6) is 0. The van der Waals surface area contributed by atoms with Gasteiger partial charge < -0.3 is 10.1 Å². The summed E-state index contributed by atoms with van der Waals surface area (Å²) in [6, 6.07) is 14.8. The third-order valence-electron chi connectivity index (χ3n) is 3.00. The van der Waals surface area contributed by atoms with Gasteiger partial charge in [0.2, 0.25) is 0 Å². The number of nitrogens with one attached hydrogen (secondary N) is 1. The largest absolute Gasteiger partial charge is 0.382 e. The van der Waals surface area contributed by atoms with Crippen LogP contribution in [0.1, 0.15) is 20.8 Å². The van der Waals surface area contributed by atoms with Crippen LogP contribution >= 0.6 is 0 Å². The maximum Gasteiger partial charge on any atom is 0.0797 e. The van der Waals surface area contributed by atoms with Crippen molar-refractivity contribution in [3.63, 3.8) is 0 Å². The van der Waals surface area contributed by atoms with Crippen molar-refractivity contribution in [3.8, 4) is 0 Å². The molecule has 18 heavy (non-hydrogen) atoms. The van der Waals surface area contributed by atoms with E-state index >= 15 is 0 Å². The fraction of sp³-hybridized carbons (Fsp3) is 0.375. The highest BCUT2D eigenvalue weighted by Crippen LogP contribution is 2.20. The van der Waals surface area contributed by atoms with E-state index in [1.165, 1.54) is 10.8 Å². The minimum atomic E-state index is -0.138. The van der Waals surface area contributed by atoms with Gasteiger partial charge in [0, 0.05) is 18.8 Å². The summed E-state index contributed by atoms with van der Waals surface area (Å²) in [4.78, 5) is 0. The van der Waals surface area contributed by atoms with Gasteiger partial charge in [-0.3, -0.25) is 0 Å². The predicted molar refractivity (Wildman–Crippen MR) is 78.1 cm³/mol. The number of hydrogen-bond donors (Lipinski definition) is 1. The van der Waals surface area contributed by atoms with Crippen LogP contribution in [0.2, 0.25) is 0 Å². The van der Waals surface area contributed by atoms with E-state index in [9.17, 15) is 0 Å². The summed E-state index contributed by atoms with van der Waals surface area (Å²) in [6.45, 7) is 7.78. The molecule has 0 aromatic heterocycles. The fourth-order valence-corrected chi connectivity index (χ4v) is 2.06. The first-order valence-corrected chi connectivity index (χ1v) is 6.47. The van der Waals surface area contributed by atoms with Gasteiger partial charge in [0.15, 0.2) is 0 Å². The first kappa shape index (κ1) is 12.9. The molecule has 0 spiro atoms. The van der Waals surface area contributed by atoms with Crippen molar-refractivity contribution >= 4 is 16.5 Å². The SMILES string of the molecule is CCOC(C)(C)CNc1ccc2ccccc2c1. The van der Waals surface area contributed by atoms with Gasteiger partial charge in [0.05, 0.1) is 5.60 Å². The first-order chi connectivity index (χ1) is 8.61. The molecule has 0 bridgehead atoms. The van der Waals surface area contributed by atoms with E-state index in [0.717, 1.165) is 18.8 Å². The molecule has 0 radical (unpaired) electrons. The van der Waals surface area contributed by atoms with Crippen LogP contribution in [0.4, 0.5) is 5.69 Å². The van der Waals surface area contributed by atoms with Crippen LogP contribution in [0, 0.1) is 0 Å². The van der Waals surface area contributed by atoms with Gasteiger partial charge in [0.25, 0.3) is 0 Å². The van der Waals surface area contributed by atoms with Crippen molar-refractivity contribution in [3.05, 3.63) is 42.5 Å². The van der Waals surface area contributed by atoms with Gasteiger partial charge in [-0.15, -0.1) is 0 Å². The molecular formula is C16H21NO. The Morgan fingerprint density at radius 3 is 2.50 bits per heavy atom. The summed E-state index contributed by atoms with van der Waals surface area (Å²) >= 11 is 0. The number of ether oxygens (including phenoxy) is 1. The number of benzene rings is 2. The molecule has 96 valence electrons. The van der Waals surface area contributed by atoms with Gasteiger partial charge in [-0.2, -0.15) is 0 Å². The summed E-state index contributed by atoms with van der Waals surface area (Å²) < 4.78 is 5.68. The van der Waals surface area contributed by atoms with E-state index in [4.69, 9.17) is 4.74 Å². The molecule has 0 saturated heterocycles. The molecule has 0 heterocycles. The Labute approximate surface area is 109 Å². The van der Waals surface area contributed by atoms with Crippen LogP contribution in [-0.4, -0.2) is 18.8 Å². The molecule has 0 saturated carbocycles. The number of fused-ring (bicyclic) bond motifs is 1. The minimum Gasteiger partial charge on any atom is -0.382 e. The highest BCUT2D eigenvalue weighted by Gasteiger charge is 2.16. The molecule has 0 aliphatic rings. The molecule has 0 amide bonds. The Morgan fingerprint density at radius 1 is 1.06 bits per heavy atom. The van der Waals surface area contributed by atoms with Crippen molar-refractivity contribution < 1.29 is 4.74 Å². The number of hydrogen-bond acceptors (Lipinski definition) is 2. The molecule has 2 nitrogen and oxygen atoms in total. The summed E-state index contributed by atoms with van der Waals surface area (Å²) in [5, 5.41) is 5.97. The van der Waals surface area contributed by atoms with Crippen LogP contribution in [0.25, 0.3) is 10.8 Å². The average molecular weight is 243 g/mol. The van der Waals surface area contributed by atoms with E-state index in [0.29, 0.717) is 0 Å².